The summed E-state index contributed by atoms with van der Waals surface area (Å²) in [7, 11) is 2.06. The molecular formula is C11H17BrN2S. The Bertz CT molecular complexity index is 318. The first-order valence-corrected chi connectivity index (χ1v) is 6.94. The second-order valence-electron chi connectivity index (χ2n) is 4.18. The molecule has 2 nitrogen and oxygen atoms in total. The van der Waals surface area contributed by atoms with Crippen molar-refractivity contribution < 1.29 is 0 Å². The van der Waals surface area contributed by atoms with Crippen molar-refractivity contribution in [1.29, 1.82) is 0 Å². The van der Waals surface area contributed by atoms with Crippen molar-refractivity contribution in [1.82, 2.24) is 10.2 Å². The topological polar surface area (TPSA) is 15.3 Å². The van der Waals surface area contributed by atoms with Gasteiger partial charge >= 0.3 is 0 Å². The van der Waals surface area contributed by atoms with Gasteiger partial charge in [-0.3, -0.25) is 4.90 Å². The lowest BCUT2D eigenvalue weighted by Crippen LogP contribution is -2.29. The van der Waals surface area contributed by atoms with Crippen LogP contribution in [0.5, 0.6) is 0 Å². The maximum atomic E-state index is 3.58. The second-order valence-corrected chi connectivity index (χ2v) is 6.63. The Morgan fingerprint density at radius 3 is 3.00 bits per heavy atom. The standard InChI is InChI=1S/C11H17BrN2S/c1-8-5-10(15-11(8)12)7-14-4-3-9(6-14)13-2/h5,9,13H,3-4,6-7H2,1-2H3. The molecule has 1 N–H and O–H groups in total. The third-order valence-corrected chi connectivity index (χ3v) is 5.09. The average molecular weight is 289 g/mol. The Labute approximate surface area is 104 Å². The highest BCUT2D eigenvalue weighted by atomic mass is 79.9. The Morgan fingerprint density at radius 1 is 1.67 bits per heavy atom. The van der Waals surface area contributed by atoms with Gasteiger partial charge in [-0.15, -0.1) is 11.3 Å². The van der Waals surface area contributed by atoms with Crippen LogP contribution in [0.15, 0.2) is 9.85 Å². The first-order chi connectivity index (χ1) is 7.19. The summed E-state index contributed by atoms with van der Waals surface area (Å²) in [5.74, 6) is 0. The molecule has 1 aliphatic heterocycles. The zero-order valence-corrected chi connectivity index (χ0v) is 11.6. The molecule has 0 aromatic carbocycles. The van der Waals surface area contributed by atoms with Crippen LogP contribution in [0.2, 0.25) is 0 Å². The first kappa shape index (κ1) is 11.6. The first-order valence-electron chi connectivity index (χ1n) is 5.33. The SMILES string of the molecule is CNC1CCN(Cc2cc(C)c(Br)s2)C1. The molecule has 2 heterocycles. The summed E-state index contributed by atoms with van der Waals surface area (Å²) in [6.45, 7) is 5.67. The molecule has 4 heteroatoms. The fourth-order valence-electron chi connectivity index (χ4n) is 2.03. The van der Waals surface area contributed by atoms with E-state index in [4.69, 9.17) is 0 Å². The number of hydrogen-bond donors (Lipinski definition) is 1. The molecule has 1 saturated heterocycles. The van der Waals surface area contributed by atoms with Gasteiger partial charge in [0.05, 0.1) is 3.79 Å². The summed E-state index contributed by atoms with van der Waals surface area (Å²) in [5, 5.41) is 3.35. The zero-order chi connectivity index (χ0) is 10.8. The van der Waals surface area contributed by atoms with Crippen molar-refractivity contribution in [2.75, 3.05) is 20.1 Å². The predicted octanol–water partition coefficient (Wildman–Crippen LogP) is 2.61. The number of rotatable bonds is 3. The van der Waals surface area contributed by atoms with Crippen molar-refractivity contribution in [2.45, 2.75) is 25.9 Å². The third-order valence-electron chi connectivity index (χ3n) is 2.97. The molecule has 1 atom stereocenters. The van der Waals surface area contributed by atoms with E-state index in [-0.39, 0.29) is 0 Å². The minimum Gasteiger partial charge on any atom is -0.316 e. The van der Waals surface area contributed by atoms with Crippen LogP contribution >= 0.6 is 27.3 Å². The summed E-state index contributed by atoms with van der Waals surface area (Å²) >= 11 is 5.44. The molecule has 0 aliphatic carbocycles. The van der Waals surface area contributed by atoms with E-state index in [9.17, 15) is 0 Å². The van der Waals surface area contributed by atoms with Gasteiger partial charge in [-0.05, 0) is 48.0 Å². The van der Waals surface area contributed by atoms with Crippen molar-refractivity contribution in [3.05, 3.63) is 20.3 Å². The second kappa shape index (κ2) is 4.95. The number of likely N-dealkylation sites (N-methyl/N-ethyl adjacent to an activating group) is 1. The van der Waals surface area contributed by atoms with Gasteiger partial charge in [0.1, 0.15) is 0 Å². The lowest BCUT2D eigenvalue weighted by Gasteiger charge is -2.14. The highest BCUT2D eigenvalue weighted by Crippen LogP contribution is 2.28. The fourth-order valence-corrected chi connectivity index (χ4v) is 3.70. The monoisotopic (exact) mass is 288 g/mol. The van der Waals surface area contributed by atoms with Gasteiger partial charge in [-0.1, -0.05) is 0 Å². The minimum absolute atomic E-state index is 0.689. The Balaban J connectivity index is 1.92. The third kappa shape index (κ3) is 2.81. The van der Waals surface area contributed by atoms with Gasteiger partial charge in [0.25, 0.3) is 0 Å². The number of aryl methyl sites for hydroxylation is 1. The van der Waals surface area contributed by atoms with E-state index in [1.165, 1.54) is 33.7 Å². The van der Waals surface area contributed by atoms with Gasteiger partial charge in [0.2, 0.25) is 0 Å². The molecule has 15 heavy (non-hydrogen) atoms. The quantitative estimate of drug-likeness (QED) is 0.920. The van der Waals surface area contributed by atoms with Gasteiger partial charge in [-0.2, -0.15) is 0 Å². The summed E-state index contributed by atoms with van der Waals surface area (Å²) < 4.78 is 1.28. The van der Waals surface area contributed by atoms with Gasteiger partial charge in [0.15, 0.2) is 0 Å². The van der Waals surface area contributed by atoms with Crippen LogP contribution in [0.1, 0.15) is 16.9 Å². The molecule has 1 fully saturated rings. The zero-order valence-electron chi connectivity index (χ0n) is 9.22. The Hall–Kier alpha value is 0.1000. The maximum Gasteiger partial charge on any atom is 0.0730 e. The Morgan fingerprint density at radius 2 is 2.47 bits per heavy atom. The summed E-state index contributed by atoms with van der Waals surface area (Å²) in [6, 6.07) is 2.98. The van der Waals surface area contributed by atoms with Crippen LogP contribution in [-0.4, -0.2) is 31.1 Å². The van der Waals surface area contributed by atoms with E-state index in [0.717, 1.165) is 6.54 Å². The molecule has 1 unspecified atom stereocenters. The highest BCUT2D eigenvalue weighted by Gasteiger charge is 2.21. The molecule has 1 aromatic heterocycles. The normalized spacial score (nSPS) is 22.5. The number of halogens is 1. The lowest BCUT2D eigenvalue weighted by atomic mass is 10.3. The Kier molecular flexibility index (Phi) is 3.83. The molecule has 1 aliphatic rings. The number of likely N-dealkylation sites (tertiary alicyclic amines) is 1. The molecule has 0 amide bonds. The molecule has 0 saturated carbocycles. The van der Waals surface area contributed by atoms with Crippen LogP contribution in [0.25, 0.3) is 0 Å². The van der Waals surface area contributed by atoms with Crippen LogP contribution in [0.3, 0.4) is 0 Å². The molecule has 2 rings (SSSR count). The smallest absolute Gasteiger partial charge is 0.0730 e. The summed E-state index contributed by atoms with van der Waals surface area (Å²) in [6.07, 6.45) is 1.28. The lowest BCUT2D eigenvalue weighted by molar-refractivity contribution is 0.325. The summed E-state index contributed by atoms with van der Waals surface area (Å²) in [5.41, 5.74) is 1.36. The molecule has 0 spiro atoms. The highest BCUT2D eigenvalue weighted by molar-refractivity contribution is 9.11. The molecule has 0 radical (unpaired) electrons. The van der Waals surface area contributed by atoms with E-state index in [1.54, 1.807) is 0 Å². The van der Waals surface area contributed by atoms with Crippen molar-refractivity contribution in [3.8, 4) is 0 Å². The van der Waals surface area contributed by atoms with E-state index < -0.39 is 0 Å². The van der Waals surface area contributed by atoms with E-state index in [1.807, 2.05) is 11.3 Å². The predicted molar refractivity (Wildman–Crippen MR) is 69.5 cm³/mol. The van der Waals surface area contributed by atoms with Gasteiger partial charge in [-0.25, -0.2) is 0 Å². The van der Waals surface area contributed by atoms with E-state index in [2.05, 4.69) is 46.2 Å². The molecule has 0 bridgehead atoms. The van der Waals surface area contributed by atoms with Crippen molar-refractivity contribution in [3.63, 3.8) is 0 Å². The van der Waals surface area contributed by atoms with Crippen LogP contribution < -0.4 is 5.32 Å². The minimum atomic E-state index is 0.689. The van der Waals surface area contributed by atoms with Gasteiger partial charge < -0.3 is 5.32 Å². The molecule has 1 aromatic rings. The van der Waals surface area contributed by atoms with Crippen molar-refractivity contribution >= 4 is 27.3 Å². The van der Waals surface area contributed by atoms with Crippen molar-refractivity contribution in [2.24, 2.45) is 0 Å². The fraction of sp³-hybridized carbons (Fsp3) is 0.636. The molecule has 84 valence electrons. The van der Waals surface area contributed by atoms with Crippen LogP contribution in [0, 0.1) is 6.92 Å². The average Bonchev–Trinajstić information content (AvgIpc) is 2.76. The van der Waals surface area contributed by atoms with Crippen LogP contribution in [-0.2, 0) is 6.54 Å². The number of nitrogens with zero attached hydrogens (tertiary/aromatic N) is 1. The van der Waals surface area contributed by atoms with E-state index >= 15 is 0 Å². The number of nitrogens with one attached hydrogen (secondary N) is 1. The number of thiophene rings is 1. The van der Waals surface area contributed by atoms with Gasteiger partial charge in [0, 0.05) is 30.6 Å². The summed E-state index contributed by atoms with van der Waals surface area (Å²) in [4.78, 5) is 4.00. The largest absolute Gasteiger partial charge is 0.316 e. The maximum absolute atomic E-state index is 3.58. The molecular weight excluding hydrogens is 272 g/mol. The number of hydrogen-bond acceptors (Lipinski definition) is 3. The van der Waals surface area contributed by atoms with E-state index in [0.29, 0.717) is 6.04 Å². The van der Waals surface area contributed by atoms with Crippen LogP contribution in [0.4, 0.5) is 0 Å².